The van der Waals surface area contributed by atoms with Crippen molar-refractivity contribution >= 4 is 21.5 Å². The van der Waals surface area contributed by atoms with Gasteiger partial charge in [-0.2, -0.15) is 0 Å². The number of anilines is 1. The monoisotopic (exact) mass is 297 g/mol. The quantitative estimate of drug-likeness (QED) is 0.853. The molecule has 20 heavy (non-hydrogen) atoms. The summed E-state index contributed by atoms with van der Waals surface area (Å²) >= 11 is 0. The predicted molar refractivity (Wildman–Crippen MR) is 77.4 cm³/mol. The molecule has 1 unspecified atom stereocenters. The summed E-state index contributed by atoms with van der Waals surface area (Å²) in [5, 5.41) is 3.11. The van der Waals surface area contributed by atoms with Crippen molar-refractivity contribution in [2.24, 2.45) is 0 Å². The summed E-state index contributed by atoms with van der Waals surface area (Å²) < 4.78 is 28.6. The van der Waals surface area contributed by atoms with E-state index >= 15 is 0 Å². The first-order valence-electron chi connectivity index (χ1n) is 6.60. The van der Waals surface area contributed by atoms with Gasteiger partial charge >= 0.3 is 5.97 Å². The lowest BCUT2D eigenvalue weighted by Gasteiger charge is -2.28. The minimum atomic E-state index is -3.21. The number of hydrogen-bond donors (Lipinski definition) is 1. The van der Waals surface area contributed by atoms with Gasteiger partial charge in [0.05, 0.1) is 18.1 Å². The van der Waals surface area contributed by atoms with Crippen molar-refractivity contribution in [3.8, 4) is 0 Å². The smallest absolute Gasteiger partial charge is 0.332 e. The Hall–Kier alpha value is -1.56. The van der Waals surface area contributed by atoms with Gasteiger partial charge in [-0.15, -0.1) is 0 Å². The molecule has 0 saturated carbocycles. The third-order valence-electron chi connectivity index (χ3n) is 3.49. The van der Waals surface area contributed by atoms with E-state index in [9.17, 15) is 13.2 Å². The van der Waals surface area contributed by atoms with Crippen molar-refractivity contribution < 1.29 is 17.9 Å². The molecule has 1 aromatic carbocycles. The van der Waals surface area contributed by atoms with Crippen LogP contribution in [0.4, 0.5) is 5.69 Å². The number of hydrogen-bond acceptors (Lipinski definition) is 5. The molecule has 1 fully saturated rings. The number of nitrogens with one attached hydrogen (secondary N) is 1. The first-order chi connectivity index (χ1) is 9.38. The van der Waals surface area contributed by atoms with Gasteiger partial charge in [-0.05, 0) is 31.9 Å². The fourth-order valence-electron chi connectivity index (χ4n) is 2.40. The predicted octanol–water partition coefficient (Wildman–Crippen LogP) is 1.53. The Morgan fingerprint density at radius 1 is 1.40 bits per heavy atom. The summed E-state index contributed by atoms with van der Waals surface area (Å²) in [6.45, 7) is 3.85. The second-order valence-electron chi connectivity index (χ2n) is 5.08. The highest BCUT2D eigenvalue weighted by Crippen LogP contribution is 2.30. The van der Waals surface area contributed by atoms with E-state index in [1.807, 2.05) is 31.2 Å². The van der Waals surface area contributed by atoms with Crippen LogP contribution < -0.4 is 5.32 Å². The highest BCUT2D eigenvalue weighted by Gasteiger charge is 2.49. The maximum Gasteiger partial charge on any atom is 0.332 e. The number of benzene rings is 1. The largest absolute Gasteiger partial charge is 0.464 e. The average molecular weight is 297 g/mol. The number of aryl methyl sites for hydroxylation is 1. The van der Waals surface area contributed by atoms with Crippen LogP contribution >= 0.6 is 0 Å². The zero-order valence-electron chi connectivity index (χ0n) is 11.7. The second kappa shape index (κ2) is 5.44. The van der Waals surface area contributed by atoms with Crippen LogP contribution in [0.5, 0.6) is 0 Å². The maximum atomic E-state index is 12.2. The molecule has 1 atom stereocenters. The van der Waals surface area contributed by atoms with Crippen LogP contribution in [0.15, 0.2) is 24.3 Å². The Morgan fingerprint density at radius 2 is 2.10 bits per heavy atom. The maximum absolute atomic E-state index is 12.2. The number of para-hydroxylation sites is 1. The van der Waals surface area contributed by atoms with Gasteiger partial charge in [0.15, 0.2) is 15.4 Å². The van der Waals surface area contributed by atoms with Gasteiger partial charge in [0.25, 0.3) is 0 Å². The van der Waals surface area contributed by atoms with E-state index in [1.165, 1.54) is 0 Å². The molecule has 0 aliphatic carbocycles. The Morgan fingerprint density at radius 3 is 2.65 bits per heavy atom. The van der Waals surface area contributed by atoms with Gasteiger partial charge in [-0.3, -0.25) is 0 Å². The van der Waals surface area contributed by atoms with Crippen molar-refractivity contribution in [1.82, 2.24) is 0 Å². The third kappa shape index (κ3) is 2.95. The van der Waals surface area contributed by atoms with Gasteiger partial charge < -0.3 is 10.1 Å². The molecule has 0 radical (unpaired) electrons. The fraction of sp³-hybridized carbons (Fsp3) is 0.500. The standard InChI is InChI=1S/C14H19NO4S/c1-3-19-13(16)14(8-9-20(17,18)10-14)15-12-7-5-4-6-11(12)2/h4-7,15H,3,8-10H2,1-2H3. The second-order valence-corrected chi connectivity index (χ2v) is 7.27. The van der Waals surface area contributed by atoms with Gasteiger partial charge in [-0.25, -0.2) is 13.2 Å². The fourth-order valence-corrected chi connectivity index (χ4v) is 4.29. The summed E-state index contributed by atoms with van der Waals surface area (Å²) in [4.78, 5) is 12.2. The first kappa shape index (κ1) is 14.8. The Kier molecular flexibility index (Phi) is 4.04. The first-order valence-corrected chi connectivity index (χ1v) is 8.42. The lowest BCUT2D eigenvalue weighted by Crippen LogP contribution is -2.49. The number of ether oxygens (including phenoxy) is 1. The van der Waals surface area contributed by atoms with Crippen molar-refractivity contribution in [3.05, 3.63) is 29.8 Å². The van der Waals surface area contributed by atoms with Crippen LogP contribution in [0.25, 0.3) is 0 Å². The van der Waals surface area contributed by atoms with E-state index in [4.69, 9.17) is 4.74 Å². The molecule has 1 aliphatic rings. The number of rotatable bonds is 4. The molecule has 1 N–H and O–H groups in total. The summed E-state index contributed by atoms with van der Waals surface area (Å²) in [6.07, 6.45) is 0.239. The van der Waals surface area contributed by atoms with Gasteiger partial charge in [0.1, 0.15) is 0 Å². The molecule has 2 rings (SSSR count). The number of carbonyl (C=O) groups excluding carboxylic acids is 1. The molecular formula is C14H19NO4S. The summed E-state index contributed by atoms with van der Waals surface area (Å²) in [5.74, 6) is -0.706. The highest BCUT2D eigenvalue weighted by atomic mass is 32.2. The molecule has 0 spiro atoms. The number of esters is 1. The van der Waals surface area contributed by atoms with Gasteiger partial charge in [0, 0.05) is 5.69 Å². The molecular weight excluding hydrogens is 278 g/mol. The average Bonchev–Trinajstić information content (AvgIpc) is 2.70. The van der Waals surface area contributed by atoms with Crippen molar-refractivity contribution in [3.63, 3.8) is 0 Å². The highest BCUT2D eigenvalue weighted by molar-refractivity contribution is 7.91. The van der Waals surface area contributed by atoms with E-state index in [1.54, 1.807) is 6.92 Å². The van der Waals surface area contributed by atoms with Crippen molar-refractivity contribution in [2.45, 2.75) is 25.8 Å². The van der Waals surface area contributed by atoms with Crippen LogP contribution in [0.3, 0.4) is 0 Å². The van der Waals surface area contributed by atoms with Gasteiger partial charge in [-0.1, -0.05) is 18.2 Å². The molecule has 0 aromatic heterocycles. The molecule has 0 bridgehead atoms. The van der Waals surface area contributed by atoms with Crippen LogP contribution in [0.1, 0.15) is 18.9 Å². The Labute approximate surface area is 119 Å². The molecule has 1 aliphatic heterocycles. The lowest BCUT2D eigenvalue weighted by atomic mass is 9.98. The lowest BCUT2D eigenvalue weighted by molar-refractivity contribution is -0.147. The molecule has 110 valence electrons. The van der Waals surface area contributed by atoms with E-state index in [2.05, 4.69) is 5.32 Å². The normalized spacial score (nSPS) is 24.3. The van der Waals surface area contributed by atoms with Crippen LogP contribution in [0, 0.1) is 6.92 Å². The molecule has 1 heterocycles. The SMILES string of the molecule is CCOC(=O)C1(Nc2ccccc2C)CCS(=O)(=O)C1. The minimum Gasteiger partial charge on any atom is -0.464 e. The third-order valence-corrected chi connectivity index (χ3v) is 5.25. The molecule has 6 heteroatoms. The minimum absolute atomic E-state index is 0.00466. The number of carbonyl (C=O) groups is 1. The Balaban J connectivity index is 2.34. The Bertz CT molecular complexity index is 611. The van der Waals surface area contributed by atoms with Crippen molar-refractivity contribution in [2.75, 3.05) is 23.4 Å². The molecule has 0 amide bonds. The zero-order valence-corrected chi connectivity index (χ0v) is 12.5. The molecule has 1 aromatic rings. The van der Waals surface area contributed by atoms with Crippen LogP contribution in [-0.4, -0.2) is 38.0 Å². The summed E-state index contributed by atoms with van der Waals surface area (Å²) in [7, 11) is -3.21. The summed E-state index contributed by atoms with van der Waals surface area (Å²) in [6, 6.07) is 7.48. The van der Waals surface area contributed by atoms with E-state index in [0.29, 0.717) is 0 Å². The molecule has 5 nitrogen and oxygen atoms in total. The van der Waals surface area contributed by atoms with Crippen molar-refractivity contribution in [1.29, 1.82) is 0 Å². The topological polar surface area (TPSA) is 72.5 Å². The molecule has 1 saturated heterocycles. The van der Waals surface area contributed by atoms with E-state index < -0.39 is 21.3 Å². The van der Waals surface area contributed by atoms with E-state index in [0.717, 1.165) is 11.3 Å². The van der Waals surface area contributed by atoms with Gasteiger partial charge in [0.2, 0.25) is 0 Å². The van der Waals surface area contributed by atoms with Crippen LogP contribution in [-0.2, 0) is 19.4 Å². The summed E-state index contributed by atoms with van der Waals surface area (Å²) in [5.41, 5.74) is 0.555. The van der Waals surface area contributed by atoms with Crippen LogP contribution in [0.2, 0.25) is 0 Å². The zero-order chi connectivity index (χ0) is 14.8. The number of sulfone groups is 1. The van der Waals surface area contributed by atoms with E-state index in [-0.39, 0.29) is 24.5 Å².